The second-order valence-electron chi connectivity index (χ2n) is 13.0. The van der Waals surface area contributed by atoms with E-state index in [-0.39, 0.29) is 50.4 Å². The van der Waals surface area contributed by atoms with Gasteiger partial charge in [0.2, 0.25) is 0 Å². The summed E-state index contributed by atoms with van der Waals surface area (Å²) in [6, 6.07) is 0. The normalized spacial score (nSPS) is 36.3. The lowest BCUT2D eigenvalue weighted by Crippen LogP contribution is -2.34. The number of aliphatic hydroxyl groups excluding tert-OH is 8. The van der Waals surface area contributed by atoms with Gasteiger partial charge in [0.25, 0.3) is 0 Å². The molecule has 0 saturated heterocycles. The van der Waals surface area contributed by atoms with Gasteiger partial charge in [0.05, 0.1) is 48.8 Å². The molecule has 8 N–H and O–H groups in total. The maximum absolute atomic E-state index is 12.5. The topological polar surface area (TPSA) is 188 Å². The van der Waals surface area contributed by atoms with Gasteiger partial charge < -0.3 is 45.6 Å². The van der Waals surface area contributed by atoms with Crippen LogP contribution >= 0.6 is 0 Å². The van der Waals surface area contributed by atoms with E-state index in [1.165, 1.54) is 12.2 Å². The molecule has 0 aliphatic carbocycles. The first-order valence-corrected chi connectivity index (χ1v) is 16.9. The smallest absolute Gasteiger partial charge is 0.331 e. The number of hydrogen-bond acceptors (Lipinski definition) is 10. The molecular weight excluding hydrogens is 604 g/mol. The molecule has 0 bridgehead atoms. The Balaban J connectivity index is 3.01. The van der Waals surface area contributed by atoms with Crippen LogP contribution in [0.4, 0.5) is 0 Å². The summed E-state index contributed by atoms with van der Waals surface area (Å²) in [6.45, 7) is 7.55. The third kappa shape index (κ3) is 19.2. The van der Waals surface area contributed by atoms with Crippen LogP contribution in [0, 0.1) is 17.8 Å². The third-order valence-corrected chi connectivity index (χ3v) is 8.55. The maximum atomic E-state index is 12.5. The fraction of sp³-hybridized carbons (Fsp3) is 0.649. The Labute approximate surface area is 280 Å². The Bertz CT molecular complexity index is 1030. The van der Waals surface area contributed by atoms with E-state index in [9.17, 15) is 45.6 Å². The Morgan fingerprint density at radius 2 is 1.13 bits per heavy atom. The number of cyclic esters (lactones) is 1. The zero-order chi connectivity index (χ0) is 35.4. The molecule has 12 atom stereocenters. The first-order valence-electron chi connectivity index (χ1n) is 16.9. The first kappa shape index (κ1) is 42.6. The van der Waals surface area contributed by atoms with Gasteiger partial charge in [0.15, 0.2) is 0 Å². The average molecular weight is 665 g/mol. The second-order valence-corrected chi connectivity index (χ2v) is 13.0. The Kier molecular flexibility index (Phi) is 21.6. The quantitative estimate of drug-likeness (QED) is 0.161. The van der Waals surface area contributed by atoms with E-state index in [1.807, 2.05) is 20.8 Å². The van der Waals surface area contributed by atoms with Crippen molar-refractivity contribution in [3.8, 4) is 0 Å². The van der Waals surface area contributed by atoms with E-state index in [0.29, 0.717) is 6.42 Å². The summed E-state index contributed by atoms with van der Waals surface area (Å²) in [5, 5.41) is 83.4. The van der Waals surface area contributed by atoms with Gasteiger partial charge in [0, 0.05) is 24.3 Å². The summed E-state index contributed by atoms with van der Waals surface area (Å²) < 4.78 is 5.74. The van der Waals surface area contributed by atoms with Gasteiger partial charge >= 0.3 is 5.97 Å². The number of aliphatic hydroxyl groups is 8. The standard InChI is InChI=1S/C37H60O10/c1-5-25(2)37-26(3)17-18-28(38)19-29(39)20-30(40)21-31(41)22-32(42)23-33(43)24-35(45)27(4)34(44)15-13-11-9-7-6-8-10-12-14-16-36(46)47-37/h6-14,16-18,25-35,37-45H,5,15,19-24H2,1-4H3. The van der Waals surface area contributed by atoms with Crippen molar-refractivity contribution >= 4 is 5.97 Å². The number of allylic oxidation sites excluding steroid dienone is 8. The Morgan fingerprint density at radius 1 is 0.660 bits per heavy atom. The molecule has 0 amide bonds. The molecule has 47 heavy (non-hydrogen) atoms. The highest BCUT2D eigenvalue weighted by Crippen LogP contribution is 2.23. The fourth-order valence-electron chi connectivity index (χ4n) is 5.44. The van der Waals surface area contributed by atoms with Crippen LogP contribution in [-0.2, 0) is 9.53 Å². The molecule has 10 nitrogen and oxygen atoms in total. The number of hydrogen-bond donors (Lipinski definition) is 8. The van der Waals surface area contributed by atoms with Gasteiger partial charge in [-0.2, -0.15) is 0 Å². The van der Waals surface area contributed by atoms with Gasteiger partial charge in [0.1, 0.15) is 6.10 Å². The summed E-state index contributed by atoms with van der Waals surface area (Å²) in [5.41, 5.74) is 0. The van der Waals surface area contributed by atoms with Crippen LogP contribution in [0.1, 0.15) is 79.1 Å². The van der Waals surface area contributed by atoms with E-state index < -0.39 is 66.8 Å². The van der Waals surface area contributed by atoms with Crippen molar-refractivity contribution in [1.29, 1.82) is 0 Å². The predicted octanol–water partition coefficient (Wildman–Crippen LogP) is 3.19. The van der Waals surface area contributed by atoms with Gasteiger partial charge in [-0.3, -0.25) is 0 Å². The first-order chi connectivity index (χ1) is 22.2. The van der Waals surface area contributed by atoms with Crippen molar-refractivity contribution in [1.82, 2.24) is 0 Å². The van der Waals surface area contributed by atoms with Gasteiger partial charge in [-0.15, -0.1) is 0 Å². The molecule has 0 aromatic carbocycles. The van der Waals surface area contributed by atoms with Crippen molar-refractivity contribution in [3.63, 3.8) is 0 Å². The molecule has 10 heteroatoms. The SMILES string of the molecule is CCC(C)C1OC(=O)C=CC=CC=CC=CC=CCC(O)C(C)C(O)CC(O)CC(O)CC(O)CC(O)CC(O)CC(O)C=CC1C. The summed E-state index contributed by atoms with van der Waals surface area (Å²) in [5.74, 6) is -1.19. The molecule has 268 valence electrons. The van der Waals surface area contributed by atoms with Crippen LogP contribution in [0.15, 0.2) is 72.9 Å². The maximum Gasteiger partial charge on any atom is 0.331 e. The van der Waals surface area contributed by atoms with Gasteiger partial charge in [-0.25, -0.2) is 4.79 Å². The molecule has 1 rings (SSSR count). The number of rotatable bonds is 2. The van der Waals surface area contributed by atoms with E-state index in [4.69, 9.17) is 4.74 Å². The Hall–Kier alpha value is -2.41. The van der Waals surface area contributed by atoms with Crippen LogP contribution < -0.4 is 0 Å². The number of carbonyl (C=O) groups excluding carboxylic acids is 1. The molecule has 0 spiro atoms. The molecule has 1 aliphatic rings. The summed E-state index contributed by atoms with van der Waals surface area (Å²) in [6.07, 6.45) is 12.2. The zero-order valence-corrected chi connectivity index (χ0v) is 28.4. The minimum atomic E-state index is -1.10. The summed E-state index contributed by atoms with van der Waals surface area (Å²) >= 11 is 0. The number of esters is 1. The molecule has 0 radical (unpaired) electrons. The van der Waals surface area contributed by atoms with Crippen molar-refractivity contribution in [2.24, 2.45) is 17.8 Å². The van der Waals surface area contributed by atoms with E-state index in [2.05, 4.69) is 0 Å². The van der Waals surface area contributed by atoms with Crippen molar-refractivity contribution < 1.29 is 50.4 Å². The predicted molar refractivity (Wildman–Crippen MR) is 183 cm³/mol. The largest absolute Gasteiger partial charge is 0.458 e. The van der Waals surface area contributed by atoms with E-state index in [1.54, 1.807) is 67.7 Å². The zero-order valence-electron chi connectivity index (χ0n) is 28.4. The fourth-order valence-corrected chi connectivity index (χ4v) is 5.44. The van der Waals surface area contributed by atoms with E-state index >= 15 is 0 Å². The molecule has 0 aromatic rings. The highest BCUT2D eigenvalue weighted by Gasteiger charge is 2.27. The third-order valence-electron chi connectivity index (χ3n) is 8.55. The minimum absolute atomic E-state index is 0.0516. The molecule has 1 heterocycles. The lowest BCUT2D eigenvalue weighted by Gasteiger charge is -2.27. The van der Waals surface area contributed by atoms with Crippen LogP contribution in [0.5, 0.6) is 0 Å². The molecule has 0 aromatic heterocycles. The molecule has 0 fully saturated rings. The lowest BCUT2D eigenvalue weighted by atomic mass is 9.90. The highest BCUT2D eigenvalue weighted by atomic mass is 16.5. The Morgan fingerprint density at radius 3 is 1.66 bits per heavy atom. The van der Waals surface area contributed by atoms with Crippen LogP contribution in [0.25, 0.3) is 0 Å². The summed E-state index contributed by atoms with van der Waals surface area (Å²) in [4.78, 5) is 12.5. The van der Waals surface area contributed by atoms with Gasteiger partial charge in [-0.1, -0.05) is 101 Å². The minimum Gasteiger partial charge on any atom is -0.458 e. The van der Waals surface area contributed by atoms with Gasteiger partial charge in [-0.05, 0) is 44.4 Å². The molecule has 12 unspecified atom stereocenters. The van der Waals surface area contributed by atoms with Crippen LogP contribution in [-0.4, -0.2) is 102 Å². The van der Waals surface area contributed by atoms with Crippen molar-refractivity contribution in [2.45, 2.75) is 134 Å². The summed E-state index contributed by atoms with van der Waals surface area (Å²) in [7, 11) is 0. The van der Waals surface area contributed by atoms with Crippen molar-refractivity contribution in [3.05, 3.63) is 72.9 Å². The monoisotopic (exact) mass is 664 g/mol. The van der Waals surface area contributed by atoms with Crippen LogP contribution in [0.2, 0.25) is 0 Å². The van der Waals surface area contributed by atoms with E-state index in [0.717, 1.165) is 6.42 Å². The van der Waals surface area contributed by atoms with Crippen LogP contribution in [0.3, 0.4) is 0 Å². The number of carbonyl (C=O) groups is 1. The molecule has 1 aliphatic heterocycles. The molecular formula is C37H60O10. The highest BCUT2D eigenvalue weighted by molar-refractivity contribution is 5.82. The second kappa shape index (κ2) is 23.8. The lowest BCUT2D eigenvalue weighted by molar-refractivity contribution is -0.147. The van der Waals surface area contributed by atoms with Crippen molar-refractivity contribution in [2.75, 3.05) is 0 Å². The average Bonchev–Trinajstić information content (AvgIpc) is 2.99. The molecule has 0 saturated carbocycles. The number of ether oxygens (including phenoxy) is 1.